The molecule has 30 nitrogen and oxygen atoms in total. The van der Waals surface area contributed by atoms with Crippen LogP contribution in [0.15, 0.2) is 106 Å². The fraction of sp³-hybridized carbons (Fsp3) is 0.494. The van der Waals surface area contributed by atoms with Crippen LogP contribution in [0.4, 0.5) is 22.7 Å². The number of pyridine rings is 1. The Bertz CT molecular complexity index is 5490. The van der Waals surface area contributed by atoms with E-state index in [0.717, 1.165) is 161 Å². The van der Waals surface area contributed by atoms with Crippen LogP contribution in [0, 0.1) is 11.8 Å². The summed E-state index contributed by atoms with van der Waals surface area (Å²) in [6.45, 7) is 9.95. The molecule has 6 amide bonds. The number of benzene rings is 4. The lowest BCUT2D eigenvalue weighted by atomic mass is 9.85. The molecule has 0 spiro atoms. The molecule has 2 unspecified atom stereocenters. The van der Waals surface area contributed by atoms with Gasteiger partial charge < -0.3 is 49.2 Å². The summed E-state index contributed by atoms with van der Waals surface area (Å²) in [5, 5.41) is 25.2. The minimum Gasteiger partial charge on any atom is -0.489 e. The minimum atomic E-state index is -1.23. The summed E-state index contributed by atoms with van der Waals surface area (Å²) in [4.78, 5) is 125. The van der Waals surface area contributed by atoms with Gasteiger partial charge in [-0.2, -0.15) is 10.2 Å². The van der Waals surface area contributed by atoms with Gasteiger partial charge in [0.25, 0.3) is 11.8 Å². The number of fused-ring (bicyclic) bond motifs is 7. The van der Waals surface area contributed by atoms with Gasteiger partial charge in [-0.1, -0.05) is 12.1 Å². The Morgan fingerprint density at radius 1 is 0.614 bits per heavy atom. The van der Waals surface area contributed by atoms with Gasteiger partial charge >= 0.3 is 11.4 Å². The van der Waals surface area contributed by atoms with Crippen LogP contribution in [-0.2, 0) is 43.6 Å². The highest BCUT2D eigenvalue weighted by Crippen LogP contribution is 2.43. The summed E-state index contributed by atoms with van der Waals surface area (Å²) in [5.41, 5.74) is 6.10. The SMILES string of the molecule is CN(CC1CCC(n2cc3cc4c(cc3n2)OCCOCCOc2ccc(OC(C)(C)c3cc5nn(C6CCC(CN(C)C7CCN(c8cccc9c8n(C)c(=O)n9C8CCC(=O)NC8=O)CC7)CC6)cc5cc3NC(=O)c3nccs3)c(n2)C(=O)N4)CC1)C1CCN(c2cccc3c2n(C)c(=O)n3C2CCC(=O)NC2=O)CC1. The Morgan fingerprint density at radius 2 is 1.14 bits per heavy atom. The van der Waals surface area contributed by atoms with Crippen LogP contribution in [0.3, 0.4) is 0 Å². The van der Waals surface area contributed by atoms with Crippen molar-refractivity contribution in [1.82, 2.24) is 68.2 Å². The van der Waals surface area contributed by atoms with Crippen molar-refractivity contribution in [2.45, 2.75) is 158 Å². The molecule has 6 fully saturated rings. The number of anilines is 4. The molecule has 5 aliphatic heterocycles. The quantitative estimate of drug-likeness (QED) is 0.0616. The maximum Gasteiger partial charge on any atom is 0.329 e. The van der Waals surface area contributed by atoms with Gasteiger partial charge in [0.05, 0.1) is 75.5 Å². The third-order valence-electron chi connectivity index (χ3n) is 25.0. The maximum atomic E-state index is 15.1. The van der Waals surface area contributed by atoms with Crippen molar-refractivity contribution >= 4 is 113 Å². The van der Waals surface area contributed by atoms with Gasteiger partial charge in [0.1, 0.15) is 36.6 Å². The van der Waals surface area contributed by atoms with Gasteiger partial charge in [0.15, 0.2) is 16.5 Å². The van der Waals surface area contributed by atoms with Crippen molar-refractivity contribution < 1.29 is 47.7 Å². The standard InChI is InChI=1S/C83H98N18O12S/c1-83(2,57-43-58-51(41-60(57)85-79(107)80-84-31-40-114-80)47-98(90-58)55-17-13-49(14-18-55)45-92(3)53-27-32-96(33-28-53)62-9-7-11-64-74(62)94(5)81(108)100(64)66-21-24-70(102)87-76(66)104)113-68-23-26-72-89-73(68)78(106)86-61-42-52-48-99(91-59(52)44-69(61)111-38-36-110-37-39-112-72)56-19-15-50(16-20-56)46-93(4)54-29-34-97(35-30-54)63-10-8-12-65-75(63)95(6)82(109)101(65)67-22-25-71(103)88-77(67)105/h7-12,23,26,31,40-44,47-50,53-56,66-67H,13-22,24-25,27-30,32-39,45-46H2,1-6H3,(H,85,107)(H,86,106)(H,87,102,104)(H,88,103,105). The molecule has 2 aliphatic carbocycles. The Hall–Kier alpha value is -10.8. The molecule has 598 valence electrons. The highest BCUT2D eigenvalue weighted by Gasteiger charge is 2.39. The van der Waals surface area contributed by atoms with E-state index in [1.165, 1.54) is 11.3 Å². The molecule has 2 atom stereocenters. The molecule has 4 saturated heterocycles. The van der Waals surface area contributed by atoms with E-state index in [9.17, 15) is 33.6 Å². The number of rotatable bonds is 17. The second-order valence-electron chi connectivity index (χ2n) is 32.6. The Kier molecular flexibility index (Phi) is 21.0. The number of nitrogens with one attached hydrogen (secondary N) is 4. The van der Waals surface area contributed by atoms with E-state index < -0.39 is 35.4 Å². The van der Waals surface area contributed by atoms with Crippen molar-refractivity contribution in [2.75, 3.05) is 100 Å². The van der Waals surface area contributed by atoms with Gasteiger partial charge in [-0.25, -0.2) is 19.6 Å². The monoisotopic (exact) mass is 1570 g/mol. The first-order valence-corrected chi connectivity index (χ1v) is 41.1. The number of imide groups is 2. The average Bonchev–Trinajstić information content (AvgIpc) is 1.68. The first-order chi connectivity index (χ1) is 55.1. The lowest BCUT2D eigenvalue weighted by molar-refractivity contribution is -0.137. The Labute approximate surface area is 662 Å². The van der Waals surface area contributed by atoms with Crippen LogP contribution in [0.25, 0.3) is 43.9 Å². The van der Waals surface area contributed by atoms with Gasteiger partial charge in [-0.05, 0) is 178 Å². The Morgan fingerprint density at radius 3 is 1.67 bits per heavy atom. The van der Waals surface area contributed by atoms with Crippen molar-refractivity contribution in [2.24, 2.45) is 25.9 Å². The van der Waals surface area contributed by atoms with E-state index in [-0.39, 0.29) is 111 Å². The number of carbonyl (C=O) groups is 6. The number of hydrogen-bond acceptors (Lipinski definition) is 21. The number of para-hydroxylation sites is 2. The number of thiazole rings is 1. The molecular weight excluding hydrogens is 1470 g/mol. The predicted molar refractivity (Wildman–Crippen MR) is 432 cm³/mol. The van der Waals surface area contributed by atoms with Crippen molar-refractivity contribution in [3.8, 4) is 17.4 Å². The fourth-order valence-corrected chi connectivity index (χ4v) is 19.4. The zero-order valence-corrected chi connectivity index (χ0v) is 66.1. The summed E-state index contributed by atoms with van der Waals surface area (Å²) < 4.78 is 35.9. The molecule has 31 heteroatoms. The molecule has 0 radical (unpaired) electrons. The normalized spacial score (nSPS) is 22.1. The van der Waals surface area contributed by atoms with Crippen molar-refractivity contribution in [3.63, 3.8) is 0 Å². The van der Waals surface area contributed by atoms with Gasteiger partial charge in [0, 0.05) is 136 Å². The van der Waals surface area contributed by atoms with E-state index in [4.69, 9.17) is 34.1 Å². The fourth-order valence-electron chi connectivity index (χ4n) is 18.8. The summed E-state index contributed by atoms with van der Waals surface area (Å²) in [6.07, 6.45) is 18.5. The highest BCUT2D eigenvalue weighted by molar-refractivity contribution is 7.11. The van der Waals surface area contributed by atoms with Crippen LogP contribution in [0.5, 0.6) is 17.4 Å². The second-order valence-corrected chi connectivity index (χ2v) is 33.5. The summed E-state index contributed by atoms with van der Waals surface area (Å²) in [7, 11) is 8.01. The number of hydrogen-bond donors (Lipinski definition) is 4. The van der Waals surface area contributed by atoms with Crippen LogP contribution in [0.1, 0.15) is 167 Å². The second kappa shape index (κ2) is 31.6. The minimum absolute atomic E-state index is 0.0380. The van der Waals surface area contributed by atoms with Gasteiger partial charge in [-0.15, -0.1) is 11.3 Å². The molecule has 2 bridgehead atoms. The first-order valence-electron chi connectivity index (χ1n) is 40.2. The smallest absolute Gasteiger partial charge is 0.329 e. The van der Waals surface area contributed by atoms with E-state index in [1.54, 1.807) is 56.1 Å². The molecule has 7 aliphatic rings. The lowest BCUT2D eigenvalue weighted by Crippen LogP contribution is -2.45. The molecule has 2 saturated carbocycles. The van der Waals surface area contributed by atoms with Crippen LogP contribution in [-0.4, -0.2) is 185 Å². The number of nitrogens with zero attached hydrogens (tertiary/aromatic N) is 14. The molecule has 11 heterocycles. The van der Waals surface area contributed by atoms with Crippen LogP contribution >= 0.6 is 11.3 Å². The molecular formula is C83H98N18O12S. The van der Waals surface area contributed by atoms with E-state index >= 15 is 4.79 Å². The molecule has 6 aromatic heterocycles. The van der Waals surface area contributed by atoms with E-state index in [1.807, 2.05) is 62.4 Å². The third kappa shape index (κ3) is 15.0. The zero-order valence-electron chi connectivity index (χ0n) is 65.3. The van der Waals surface area contributed by atoms with Crippen molar-refractivity contribution in [1.29, 1.82) is 0 Å². The number of ether oxygens (including phenoxy) is 4. The van der Waals surface area contributed by atoms with E-state index in [0.29, 0.717) is 62.6 Å². The molecule has 10 aromatic rings. The summed E-state index contributed by atoms with van der Waals surface area (Å²) in [6, 6.07) is 22.5. The largest absolute Gasteiger partial charge is 0.489 e. The highest BCUT2D eigenvalue weighted by atomic mass is 32.1. The number of imidazole rings is 2. The number of aryl methyl sites for hydroxylation is 2. The summed E-state index contributed by atoms with van der Waals surface area (Å²) >= 11 is 1.24. The van der Waals surface area contributed by atoms with Gasteiger partial charge in [0.2, 0.25) is 29.5 Å². The maximum absolute atomic E-state index is 15.1. The summed E-state index contributed by atoms with van der Waals surface area (Å²) in [5.74, 6) is -0.631. The topological polar surface area (TPSA) is 316 Å². The average molecular weight is 1570 g/mol. The van der Waals surface area contributed by atoms with Crippen LogP contribution < -0.4 is 56.7 Å². The third-order valence-corrected chi connectivity index (χ3v) is 25.7. The number of aromatic nitrogens is 10. The van der Waals surface area contributed by atoms with Crippen LogP contribution in [0.2, 0.25) is 0 Å². The van der Waals surface area contributed by atoms with Crippen molar-refractivity contribution in [3.05, 3.63) is 134 Å². The predicted octanol–water partition coefficient (Wildman–Crippen LogP) is 9.77. The molecule has 17 rings (SSSR count). The lowest BCUT2D eigenvalue weighted by Gasteiger charge is -2.40. The molecule has 4 N–H and O–H groups in total. The first kappa shape index (κ1) is 75.9. The number of amides is 6. The molecule has 4 aromatic carbocycles. The van der Waals surface area contributed by atoms with E-state index in [2.05, 4.69) is 93.8 Å². The number of carbonyl (C=O) groups excluding carboxylic acids is 6. The molecule has 114 heavy (non-hydrogen) atoms. The van der Waals surface area contributed by atoms with Gasteiger partial charge in [-0.3, -0.25) is 67.0 Å². The number of piperidine rings is 4. The Balaban J connectivity index is 0.541. The zero-order chi connectivity index (χ0) is 78.8.